The molecule has 122 valence electrons. The molecule has 1 saturated heterocycles. The van der Waals surface area contributed by atoms with E-state index in [0.29, 0.717) is 0 Å². The number of nitrogens with one attached hydrogen (secondary N) is 1. The Bertz CT molecular complexity index is 527. The summed E-state index contributed by atoms with van der Waals surface area (Å²) in [6.07, 6.45) is 1.00. The highest BCUT2D eigenvalue weighted by molar-refractivity contribution is 7.99. The maximum absolute atomic E-state index is 13.8. The molecule has 0 unspecified atom stereocenters. The van der Waals surface area contributed by atoms with E-state index >= 15 is 0 Å². The molecule has 1 aromatic rings. The van der Waals surface area contributed by atoms with Gasteiger partial charge in [-0.15, -0.1) is 0 Å². The average molecular weight is 326 g/mol. The highest BCUT2D eigenvalue weighted by atomic mass is 32.2. The summed E-state index contributed by atoms with van der Waals surface area (Å²) in [4.78, 5) is 14.3. The molecule has 2 rings (SSSR count). The van der Waals surface area contributed by atoms with Gasteiger partial charge in [0, 0.05) is 18.3 Å². The summed E-state index contributed by atoms with van der Waals surface area (Å²) in [5.74, 6) is 1.84. The first-order valence-corrected chi connectivity index (χ1v) is 8.66. The van der Waals surface area contributed by atoms with Crippen LogP contribution in [0.5, 0.6) is 5.75 Å². The fraction of sp³-hybridized carbons (Fsp3) is 0.562. The second kappa shape index (κ2) is 7.72. The van der Waals surface area contributed by atoms with Crippen LogP contribution in [0, 0.1) is 5.82 Å². The number of amides is 2. The molecular weight excluding hydrogens is 303 g/mol. The molecule has 22 heavy (non-hydrogen) atoms. The number of hydrogen-bond acceptors (Lipinski definition) is 3. The van der Waals surface area contributed by atoms with Gasteiger partial charge in [-0.3, -0.25) is 0 Å². The molecule has 1 aliphatic heterocycles. The molecule has 0 aliphatic carbocycles. The van der Waals surface area contributed by atoms with Crippen LogP contribution < -0.4 is 10.1 Å². The van der Waals surface area contributed by atoms with E-state index in [1.54, 1.807) is 12.1 Å². The third kappa shape index (κ3) is 4.06. The van der Waals surface area contributed by atoms with Gasteiger partial charge in [0.1, 0.15) is 0 Å². The van der Waals surface area contributed by atoms with Crippen molar-refractivity contribution in [3.63, 3.8) is 0 Å². The maximum Gasteiger partial charge on any atom is 0.318 e. The minimum atomic E-state index is -0.416. The van der Waals surface area contributed by atoms with Crippen LogP contribution in [0.3, 0.4) is 0 Å². The van der Waals surface area contributed by atoms with Crippen molar-refractivity contribution < 1.29 is 13.9 Å². The summed E-state index contributed by atoms with van der Waals surface area (Å²) in [5.41, 5.74) is 0.725. The number of ether oxygens (including phenoxy) is 1. The molecule has 2 atom stereocenters. The number of rotatable bonds is 3. The minimum Gasteiger partial charge on any atom is -0.494 e. The Kier molecular flexibility index (Phi) is 5.94. The van der Waals surface area contributed by atoms with Gasteiger partial charge in [0.25, 0.3) is 0 Å². The van der Waals surface area contributed by atoms with Gasteiger partial charge >= 0.3 is 6.03 Å². The molecule has 0 bridgehead atoms. The van der Waals surface area contributed by atoms with Gasteiger partial charge in [0.15, 0.2) is 11.6 Å². The fourth-order valence-corrected chi connectivity index (χ4v) is 3.54. The van der Waals surface area contributed by atoms with Crippen molar-refractivity contribution >= 4 is 17.8 Å². The first-order valence-electron chi connectivity index (χ1n) is 7.51. The van der Waals surface area contributed by atoms with E-state index < -0.39 is 5.82 Å². The normalized spacial score (nSPS) is 20.2. The second-order valence-corrected chi connectivity index (χ2v) is 6.73. The number of benzene rings is 1. The third-order valence-corrected chi connectivity index (χ3v) is 4.96. The zero-order valence-electron chi connectivity index (χ0n) is 13.3. The lowest BCUT2D eigenvalue weighted by molar-refractivity contribution is 0.180. The lowest BCUT2D eigenvalue weighted by Gasteiger charge is -2.28. The van der Waals surface area contributed by atoms with Gasteiger partial charge in [-0.1, -0.05) is 6.07 Å². The van der Waals surface area contributed by atoms with Crippen LogP contribution in [0.15, 0.2) is 18.2 Å². The molecule has 0 radical (unpaired) electrons. The molecule has 0 spiro atoms. The molecule has 0 saturated carbocycles. The first kappa shape index (κ1) is 16.9. The fourth-order valence-electron chi connectivity index (χ4n) is 2.50. The van der Waals surface area contributed by atoms with Crippen molar-refractivity contribution in [2.45, 2.75) is 32.4 Å². The number of thioether (sulfide) groups is 1. The lowest BCUT2D eigenvalue weighted by Crippen LogP contribution is -2.46. The Morgan fingerprint density at radius 1 is 1.50 bits per heavy atom. The molecule has 1 N–H and O–H groups in total. The van der Waals surface area contributed by atoms with Gasteiger partial charge in [-0.25, -0.2) is 9.18 Å². The van der Waals surface area contributed by atoms with Crippen LogP contribution in [0.25, 0.3) is 0 Å². The van der Waals surface area contributed by atoms with E-state index in [-0.39, 0.29) is 23.9 Å². The van der Waals surface area contributed by atoms with Gasteiger partial charge in [-0.2, -0.15) is 11.8 Å². The van der Waals surface area contributed by atoms with Crippen molar-refractivity contribution in [1.29, 1.82) is 0 Å². The zero-order valence-corrected chi connectivity index (χ0v) is 14.1. The first-order chi connectivity index (χ1) is 10.5. The molecule has 0 aromatic heterocycles. The van der Waals surface area contributed by atoms with E-state index in [1.165, 1.54) is 13.2 Å². The lowest BCUT2D eigenvalue weighted by atomic mass is 10.1. The molecular formula is C16H23FN2O2S. The van der Waals surface area contributed by atoms with Crippen LogP contribution in [0.2, 0.25) is 0 Å². The molecule has 2 amide bonds. The number of nitrogens with zero attached hydrogens (tertiary/aromatic N) is 1. The molecule has 1 fully saturated rings. The molecule has 1 heterocycles. The Hall–Kier alpha value is -1.43. The second-order valence-electron chi connectivity index (χ2n) is 5.51. The van der Waals surface area contributed by atoms with Crippen molar-refractivity contribution in [3.05, 3.63) is 29.6 Å². The predicted octanol–water partition coefficient (Wildman–Crippen LogP) is 3.43. The topological polar surface area (TPSA) is 41.6 Å². The maximum atomic E-state index is 13.8. The number of urea groups is 1. The molecule has 4 nitrogen and oxygen atoms in total. The summed E-state index contributed by atoms with van der Waals surface area (Å²) in [7, 11) is 1.43. The van der Waals surface area contributed by atoms with Crippen LogP contribution in [-0.2, 0) is 0 Å². The van der Waals surface area contributed by atoms with E-state index in [9.17, 15) is 9.18 Å². The minimum absolute atomic E-state index is 0.0845. The van der Waals surface area contributed by atoms with Gasteiger partial charge in [0.05, 0.1) is 13.2 Å². The number of halogens is 1. The number of hydrogen-bond donors (Lipinski definition) is 1. The Morgan fingerprint density at radius 2 is 2.27 bits per heavy atom. The van der Waals surface area contributed by atoms with Crippen molar-refractivity contribution in [2.24, 2.45) is 0 Å². The number of carbonyl (C=O) groups excluding carboxylic acids is 1. The quantitative estimate of drug-likeness (QED) is 0.925. The van der Waals surface area contributed by atoms with Crippen LogP contribution in [-0.4, -0.2) is 42.1 Å². The third-order valence-electron chi connectivity index (χ3n) is 3.97. The standard InChI is InChI=1S/C16H23FN2O2S/c1-11-6-8-22-9-7-19(11)16(20)18-12(2)13-4-5-15(21-3)14(17)10-13/h4-5,10-12H,6-9H2,1-3H3,(H,18,20)/t11-,12+/m0/s1. The van der Waals surface area contributed by atoms with Crippen LogP contribution in [0.1, 0.15) is 31.9 Å². The smallest absolute Gasteiger partial charge is 0.318 e. The van der Waals surface area contributed by atoms with Crippen molar-refractivity contribution in [2.75, 3.05) is 25.2 Å². The van der Waals surface area contributed by atoms with E-state index in [1.807, 2.05) is 23.6 Å². The SMILES string of the molecule is COc1ccc([C@@H](C)NC(=O)N2CCSCC[C@@H]2C)cc1F. The monoisotopic (exact) mass is 326 g/mol. The van der Waals surface area contributed by atoms with Crippen LogP contribution in [0.4, 0.5) is 9.18 Å². The van der Waals surface area contributed by atoms with Gasteiger partial charge < -0.3 is 15.0 Å². The van der Waals surface area contributed by atoms with Crippen molar-refractivity contribution in [3.8, 4) is 5.75 Å². The highest BCUT2D eigenvalue weighted by Gasteiger charge is 2.23. The largest absolute Gasteiger partial charge is 0.494 e. The summed E-state index contributed by atoms with van der Waals surface area (Å²) >= 11 is 1.88. The number of methoxy groups -OCH3 is 1. The zero-order chi connectivity index (χ0) is 16.1. The predicted molar refractivity (Wildman–Crippen MR) is 88.0 cm³/mol. The van der Waals surface area contributed by atoms with E-state index in [2.05, 4.69) is 12.2 Å². The van der Waals surface area contributed by atoms with Crippen LogP contribution >= 0.6 is 11.8 Å². The number of carbonyl (C=O) groups is 1. The molecule has 1 aliphatic rings. The summed E-state index contributed by atoms with van der Waals surface area (Å²) in [6, 6.07) is 4.66. The van der Waals surface area contributed by atoms with E-state index in [0.717, 1.165) is 30.0 Å². The summed E-state index contributed by atoms with van der Waals surface area (Å²) in [6.45, 7) is 4.68. The Morgan fingerprint density at radius 3 is 2.95 bits per heavy atom. The highest BCUT2D eigenvalue weighted by Crippen LogP contribution is 2.22. The summed E-state index contributed by atoms with van der Waals surface area (Å²) in [5, 5.41) is 2.96. The Balaban J connectivity index is 2.02. The molecule has 6 heteroatoms. The van der Waals surface area contributed by atoms with Gasteiger partial charge in [0.2, 0.25) is 0 Å². The molecule has 1 aromatic carbocycles. The van der Waals surface area contributed by atoms with E-state index in [4.69, 9.17) is 4.74 Å². The average Bonchev–Trinajstić information content (AvgIpc) is 2.71. The van der Waals surface area contributed by atoms with Crippen molar-refractivity contribution in [1.82, 2.24) is 10.2 Å². The summed E-state index contributed by atoms with van der Waals surface area (Å²) < 4.78 is 18.7. The van der Waals surface area contributed by atoms with Gasteiger partial charge in [-0.05, 0) is 43.7 Å². The Labute approximate surface area is 135 Å².